The Balaban J connectivity index is 1.77. The Morgan fingerprint density at radius 3 is 2.06 bits per heavy atom. The molecule has 0 amide bonds. The lowest BCUT2D eigenvalue weighted by Crippen LogP contribution is -2.54. The Morgan fingerprint density at radius 1 is 0.935 bits per heavy atom. The summed E-state index contributed by atoms with van der Waals surface area (Å²) in [6, 6.07) is 11.2. The summed E-state index contributed by atoms with van der Waals surface area (Å²) < 4.78 is 37.5. The Bertz CT molecular complexity index is 1080. The third-order valence-corrected chi connectivity index (χ3v) is 7.58. The van der Waals surface area contributed by atoms with Crippen molar-refractivity contribution < 1.29 is 27.5 Å². The zero-order chi connectivity index (χ0) is 22.8. The van der Waals surface area contributed by atoms with Gasteiger partial charge in [0.1, 0.15) is 0 Å². The second-order valence-corrected chi connectivity index (χ2v) is 9.28. The van der Waals surface area contributed by atoms with Crippen LogP contribution in [0.25, 0.3) is 0 Å². The highest BCUT2D eigenvalue weighted by atomic mass is 32.2. The molecule has 1 unspecified atom stereocenters. The second-order valence-electron chi connectivity index (χ2n) is 7.42. The van der Waals surface area contributed by atoms with E-state index in [-0.39, 0.29) is 10.9 Å². The number of piperazine rings is 1. The molecular formula is C22H26N2O6S. The molecule has 8 nitrogen and oxygen atoms in total. The largest absolute Gasteiger partial charge is 0.465 e. The number of benzene rings is 2. The zero-order valence-electron chi connectivity index (χ0n) is 18.0. The van der Waals surface area contributed by atoms with Gasteiger partial charge in [-0.25, -0.2) is 18.0 Å². The number of anilines is 1. The quantitative estimate of drug-likeness (QED) is 0.652. The molecule has 3 rings (SSSR count). The fourth-order valence-corrected chi connectivity index (χ4v) is 5.59. The van der Waals surface area contributed by atoms with Crippen molar-refractivity contribution in [1.29, 1.82) is 0 Å². The van der Waals surface area contributed by atoms with E-state index >= 15 is 0 Å². The predicted molar refractivity (Wildman–Crippen MR) is 116 cm³/mol. The highest BCUT2D eigenvalue weighted by molar-refractivity contribution is 7.89. The van der Waals surface area contributed by atoms with Crippen LogP contribution in [0.1, 0.15) is 33.2 Å². The van der Waals surface area contributed by atoms with Crippen LogP contribution in [0.3, 0.4) is 0 Å². The van der Waals surface area contributed by atoms with E-state index in [9.17, 15) is 18.0 Å². The molecule has 0 radical (unpaired) electrons. The molecular weight excluding hydrogens is 420 g/mol. The van der Waals surface area contributed by atoms with Crippen LogP contribution in [0.4, 0.5) is 5.69 Å². The number of carbonyl (C=O) groups is 2. The van der Waals surface area contributed by atoms with Gasteiger partial charge in [0.15, 0.2) is 0 Å². The fraction of sp³-hybridized carbons (Fsp3) is 0.364. The molecule has 0 spiro atoms. The van der Waals surface area contributed by atoms with Crippen molar-refractivity contribution in [2.45, 2.75) is 24.8 Å². The average molecular weight is 447 g/mol. The number of ether oxygens (including phenoxy) is 2. The number of aryl methyl sites for hydroxylation is 1. The Kier molecular flexibility index (Phi) is 6.66. The molecule has 1 heterocycles. The van der Waals surface area contributed by atoms with E-state index in [1.807, 2.05) is 19.1 Å². The predicted octanol–water partition coefficient (Wildman–Crippen LogP) is 2.47. The molecule has 0 aromatic heterocycles. The van der Waals surface area contributed by atoms with Crippen LogP contribution in [0, 0.1) is 6.92 Å². The summed E-state index contributed by atoms with van der Waals surface area (Å²) in [5.74, 6) is -0.906. The summed E-state index contributed by atoms with van der Waals surface area (Å²) in [6.07, 6.45) is 0. The summed E-state index contributed by atoms with van der Waals surface area (Å²) in [4.78, 5) is 25.6. The zero-order valence-corrected chi connectivity index (χ0v) is 18.8. The first-order valence-electron chi connectivity index (χ1n) is 9.83. The van der Waals surface area contributed by atoms with Gasteiger partial charge < -0.3 is 14.4 Å². The summed E-state index contributed by atoms with van der Waals surface area (Å²) in [5.41, 5.74) is 2.18. The minimum Gasteiger partial charge on any atom is -0.465 e. The lowest BCUT2D eigenvalue weighted by atomic mass is 10.1. The van der Waals surface area contributed by atoms with Gasteiger partial charge in [-0.1, -0.05) is 0 Å². The molecule has 9 heteroatoms. The third kappa shape index (κ3) is 4.57. The maximum atomic E-state index is 13.3. The highest BCUT2D eigenvalue weighted by Crippen LogP contribution is 2.27. The average Bonchev–Trinajstić information content (AvgIpc) is 2.77. The molecule has 1 saturated heterocycles. The van der Waals surface area contributed by atoms with Gasteiger partial charge in [-0.15, -0.1) is 0 Å². The molecule has 2 aromatic carbocycles. The van der Waals surface area contributed by atoms with Crippen molar-refractivity contribution in [2.24, 2.45) is 0 Å². The van der Waals surface area contributed by atoms with Gasteiger partial charge in [-0.2, -0.15) is 4.31 Å². The number of hydrogen-bond donors (Lipinski definition) is 0. The molecule has 1 fully saturated rings. The second kappa shape index (κ2) is 9.07. The topological polar surface area (TPSA) is 93.2 Å². The van der Waals surface area contributed by atoms with Crippen LogP contribution in [-0.2, 0) is 19.5 Å². The summed E-state index contributed by atoms with van der Waals surface area (Å²) >= 11 is 0. The monoisotopic (exact) mass is 446 g/mol. The van der Waals surface area contributed by atoms with Crippen molar-refractivity contribution in [3.8, 4) is 0 Å². The van der Waals surface area contributed by atoms with Crippen molar-refractivity contribution in [3.05, 3.63) is 59.2 Å². The first kappa shape index (κ1) is 22.8. The van der Waals surface area contributed by atoms with Crippen LogP contribution in [0.5, 0.6) is 0 Å². The van der Waals surface area contributed by atoms with Crippen LogP contribution >= 0.6 is 0 Å². The van der Waals surface area contributed by atoms with Gasteiger partial charge in [0.2, 0.25) is 10.0 Å². The van der Waals surface area contributed by atoms with E-state index in [0.717, 1.165) is 5.69 Å². The number of esters is 2. The van der Waals surface area contributed by atoms with Gasteiger partial charge in [0.05, 0.1) is 30.2 Å². The summed E-state index contributed by atoms with van der Waals surface area (Å²) in [5, 5.41) is 0. The molecule has 1 aliphatic heterocycles. The number of rotatable bonds is 5. The van der Waals surface area contributed by atoms with Crippen LogP contribution in [-0.4, -0.2) is 64.6 Å². The van der Waals surface area contributed by atoms with Gasteiger partial charge in [0.25, 0.3) is 0 Å². The minimum atomic E-state index is -3.72. The Hall–Kier alpha value is -2.91. The van der Waals surface area contributed by atoms with Crippen LogP contribution in [0.15, 0.2) is 47.4 Å². The molecule has 0 aliphatic carbocycles. The van der Waals surface area contributed by atoms with Crippen LogP contribution < -0.4 is 4.90 Å². The number of sulfonamides is 1. The third-order valence-electron chi connectivity index (χ3n) is 5.40. The minimum absolute atomic E-state index is 0.183. The fourth-order valence-electron chi connectivity index (χ4n) is 3.77. The van der Waals surface area contributed by atoms with Gasteiger partial charge >= 0.3 is 11.9 Å². The SMILES string of the molecule is COC(=O)c1ccc(N2CCN(S(=O)(=O)c3ccc(C(=O)OC)cc3C)C(C)C2)cc1. The molecule has 1 atom stereocenters. The van der Waals surface area contributed by atoms with E-state index in [2.05, 4.69) is 4.90 Å². The van der Waals surface area contributed by atoms with E-state index in [1.165, 1.54) is 36.7 Å². The van der Waals surface area contributed by atoms with Crippen molar-refractivity contribution in [3.63, 3.8) is 0 Å². The molecule has 0 saturated carbocycles. The first-order valence-corrected chi connectivity index (χ1v) is 11.3. The van der Waals surface area contributed by atoms with Crippen molar-refractivity contribution in [2.75, 3.05) is 38.8 Å². The van der Waals surface area contributed by atoms with E-state index < -0.39 is 22.0 Å². The lowest BCUT2D eigenvalue weighted by Gasteiger charge is -2.40. The molecule has 2 aromatic rings. The maximum absolute atomic E-state index is 13.3. The molecule has 166 valence electrons. The molecule has 0 bridgehead atoms. The first-order chi connectivity index (χ1) is 14.7. The van der Waals surface area contributed by atoms with E-state index in [0.29, 0.717) is 36.3 Å². The van der Waals surface area contributed by atoms with Gasteiger partial charge in [-0.3, -0.25) is 0 Å². The normalized spacial score (nSPS) is 17.3. The standard InChI is InChI=1S/C22H26N2O6S/c1-15-13-18(22(26)30-4)7-10-20(15)31(27,28)24-12-11-23(14-16(24)2)19-8-5-17(6-9-19)21(25)29-3/h5-10,13,16H,11-12,14H2,1-4H3. The van der Waals surface area contributed by atoms with E-state index in [1.54, 1.807) is 19.1 Å². The Labute approximate surface area is 182 Å². The number of hydrogen-bond acceptors (Lipinski definition) is 7. The van der Waals surface area contributed by atoms with E-state index in [4.69, 9.17) is 9.47 Å². The van der Waals surface area contributed by atoms with Crippen molar-refractivity contribution >= 4 is 27.6 Å². The summed E-state index contributed by atoms with van der Waals surface area (Å²) in [6.45, 7) is 4.88. The molecule has 0 N–H and O–H groups in total. The molecule has 31 heavy (non-hydrogen) atoms. The highest BCUT2D eigenvalue weighted by Gasteiger charge is 2.34. The lowest BCUT2D eigenvalue weighted by molar-refractivity contribution is 0.0592. The van der Waals surface area contributed by atoms with Crippen LogP contribution in [0.2, 0.25) is 0 Å². The smallest absolute Gasteiger partial charge is 0.337 e. The number of nitrogens with zero attached hydrogens (tertiary/aromatic N) is 2. The number of carbonyl (C=O) groups excluding carboxylic acids is 2. The van der Waals surface area contributed by atoms with Gasteiger partial charge in [-0.05, 0) is 61.9 Å². The maximum Gasteiger partial charge on any atom is 0.337 e. The number of methoxy groups -OCH3 is 2. The summed E-state index contributed by atoms with van der Waals surface area (Å²) in [7, 11) is -1.10. The molecule has 1 aliphatic rings. The van der Waals surface area contributed by atoms with Gasteiger partial charge in [0, 0.05) is 31.4 Å². The Morgan fingerprint density at radius 2 is 1.52 bits per heavy atom. The van der Waals surface area contributed by atoms with Crippen molar-refractivity contribution in [1.82, 2.24) is 4.31 Å².